The molecule has 246 valence electrons. The van der Waals surface area contributed by atoms with Gasteiger partial charge in [-0.15, -0.1) is 0 Å². The second kappa shape index (κ2) is 9.84. The van der Waals surface area contributed by atoms with Gasteiger partial charge in [-0.1, -0.05) is 36.4 Å². The summed E-state index contributed by atoms with van der Waals surface area (Å²) in [5, 5.41) is 30.0. The highest BCUT2D eigenvalue weighted by atomic mass is 16.6. The lowest BCUT2D eigenvalue weighted by molar-refractivity contribution is -0.394. The lowest BCUT2D eigenvalue weighted by Crippen LogP contribution is -2.61. The molecule has 3 aliphatic heterocycles. The second-order valence-electron chi connectivity index (χ2n) is 13.0. The van der Waals surface area contributed by atoms with Gasteiger partial charge >= 0.3 is 0 Å². The Labute approximate surface area is 276 Å². The standard InChI is InChI=1S/C35H28N6O8/c1-35-32(48-3)25(37(2)34(43)17-12-18(40(44)45)14-19(13-17)41(46)47)15-26(49-35)38-23-10-6-4-8-20(23)28-29-22(16-36-33(29)42)27-21-9-5-7-11-24(21)39(35)31(27)30(28)38/h4-14,25-26,32H,15-16H2,1-3H3,(H,36,42)/t25?,26-,32?,35+/m0/s1. The summed E-state index contributed by atoms with van der Waals surface area (Å²) >= 11 is 0. The predicted molar refractivity (Wildman–Crippen MR) is 178 cm³/mol. The quantitative estimate of drug-likeness (QED) is 0.181. The molecule has 0 spiro atoms. The number of nitro benzene ring substituents is 2. The van der Waals surface area contributed by atoms with E-state index in [0.717, 1.165) is 67.4 Å². The Balaban J connectivity index is 1.33. The third-order valence-corrected chi connectivity index (χ3v) is 10.6. The van der Waals surface area contributed by atoms with Crippen molar-refractivity contribution in [2.24, 2.45) is 0 Å². The fraction of sp³-hybridized carbons (Fsp3) is 0.257. The Morgan fingerprint density at radius 3 is 2.27 bits per heavy atom. The van der Waals surface area contributed by atoms with Crippen LogP contribution < -0.4 is 5.32 Å². The molecule has 14 heteroatoms. The lowest BCUT2D eigenvalue weighted by Gasteiger charge is -2.50. The Bertz CT molecular complexity index is 2490. The number of ether oxygens (including phenoxy) is 2. The van der Waals surface area contributed by atoms with Gasteiger partial charge in [0, 0.05) is 60.8 Å². The summed E-state index contributed by atoms with van der Waals surface area (Å²) in [5.74, 6) is -0.778. The van der Waals surface area contributed by atoms with Crippen molar-refractivity contribution in [2.75, 3.05) is 14.2 Å². The Morgan fingerprint density at radius 1 is 0.980 bits per heavy atom. The summed E-state index contributed by atoms with van der Waals surface area (Å²) in [6.07, 6.45) is -1.18. The molecule has 5 heterocycles. The fourth-order valence-electron chi connectivity index (χ4n) is 8.68. The smallest absolute Gasteiger partial charge is 0.277 e. The van der Waals surface area contributed by atoms with Gasteiger partial charge in [-0.25, -0.2) is 0 Å². The molecule has 3 aliphatic rings. The van der Waals surface area contributed by atoms with E-state index >= 15 is 0 Å². The van der Waals surface area contributed by atoms with E-state index in [0.29, 0.717) is 12.1 Å². The van der Waals surface area contributed by atoms with E-state index in [1.54, 1.807) is 14.2 Å². The van der Waals surface area contributed by atoms with Crippen LogP contribution in [0.4, 0.5) is 11.4 Å². The number of rotatable bonds is 5. The number of para-hydroxylation sites is 2. The minimum Gasteiger partial charge on any atom is -0.374 e. The summed E-state index contributed by atoms with van der Waals surface area (Å²) in [5.41, 5.74) is 2.48. The van der Waals surface area contributed by atoms with Gasteiger partial charge in [0.05, 0.1) is 55.1 Å². The highest BCUT2D eigenvalue weighted by Crippen LogP contribution is 2.54. The number of amides is 2. The average Bonchev–Trinajstić information content (AvgIpc) is 3.74. The van der Waals surface area contributed by atoms with Crippen LogP contribution in [0.25, 0.3) is 43.6 Å². The number of likely N-dealkylation sites (N-methyl/N-ethyl adjacent to an activating group) is 1. The van der Waals surface area contributed by atoms with Gasteiger partial charge in [-0.3, -0.25) is 29.8 Å². The lowest BCUT2D eigenvalue weighted by atomic mass is 9.91. The van der Waals surface area contributed by atoms with E-state index in [4.69, 9.17) is 9.47 Å². The molecule has 49 heavy (non-hydrogen) atoms. The zero-order valence-corrected chi connectivity index (χ0v) is 26.5. The number of fused-ring (bicyclic) bond motifs is 13. The molecule has 1 N–H and O–H groups in total. The molecule has 2 aromatic heterocycles. The third-order valence-electron chi connectivity index (χ3n) is 10.6. The number of nitrogens with zero attached hydrogens (tertiary/aromatic N) is 5. The molecule has 0 radical (unpaired) electrons. The van der Waals surface area contributed by atoms with Crippen LogP contribution in [-0.4, -0.2) is 62.0 Å². The van der Waals surface area contributed by atoms with Crippen molar-refractivity contribution in [3.8, 4) is 0 Å². The van der Waals surface area contributed by atoms with Crippen molar-refractivity contribution in [3.05, 3.63) is 104 Å². The molecule has 1 saturated heterocycles. The number of methoxy groups -OCH3 is 1. The number of carbonyl (C=O) groups excluding carboxylic acids is 2. The van der Waals surface area contributed by atoms with Crippen LogP contribution in [0.5, 0.6) is 0 Å². The maximum absolute atomic E-state index is 14.2. The number of hydrogen-bond acceptors (Lipinski definition) is 8. The Morgan fingerprint density at radius 2 is 1.61 bits per heavy atom. The topological polar surface area (TPSA) is 164 Å². The van der Waals surface area contributed by atoms with E-state index in [-0.39, 0.29) is 17.9 Å². The minimum absolute atomic E-state index is 0.139. The van der Waals surface area contributed by atoms with Crippen molar-refractivity contribution in [2.45, 2.75) is 44.0 Å². The van der Waals surface area contributed by atoms with Crippen LogP contribution in [0, 0.1) is 20.2 Å². The first-order valence-electron chi connectivity index (χ1n) is 15.8. The molecule has 9 rings (SSSR count). The number of nitrogens with one attached hydrogen (secondary N) is 1. The summed E-state index contributed by atoms with van der Waals surface area (Å²) in [7, 11) is 3.12. The van der Waals surface area contributed by atoms with Crippen LogP contribution in [0.3, 0.4) is 0 Å². The van der Waals surface area contributed by atoms with Crippen LogP contribution in [0.2, 0.25) is 0 Å². The van der Waals surface area contributed by atoms with Gasteiger partial charge in [-0.2, -0.15) is 0 Å². The SMILES string of the molecule is COC1C(N(C)C(=O)c2cc([N+](=O)[O-])cc([N+](=O)[O-])c2)C[C@@H]2O[C@@]1(C)n1c3ccccc3c3c4c(c5c6ccccc6n2c5c31)C(=O)NC4. The molecular formula is C35H28N6O8. The van der Waals surface area contributed by atoms with Gasteiger partial charge < -0.3 is 28.8 Å². The average molecular weight is 661 g/mol. The van der Waals surface area contributed by atoms with Gasteiger partial charge in [-0.05, 0) is 24.6 Å². The van der Waals surface area contributed by atoms with Crippen LogP contribution in [0.15, 0.2) is 66.7 Å². The normalized spacial score (nSPS) is 22.5. The number of hydrogen-bond donors (Lipinski definition) is 1. The van der Waals surface area contributed by atoms with Crippen molar-refractivity contribution in [1.82, 2.24) is 19.4 Å². The second-order valence-corrected chi connectivity index (χ2v) is 13.0. The van der Waals surface area contributed by atoms with Gasteiger partial charge in [0.2, 0.25) is 0 Å². The first-order chi connectivity index (χ1) is 23.5. The zero-order valence-electron chi connectivity index (χ0n) is 26.5. The van der Waals surface area contributed by atoms with Gasteiger partial charge in [0.1, 0.15) is 12.3 Å². The molecule has 14 nitrogen and oxygen atoms in total. The van der Waals surface area contributed by atoms with Crippen molar-refractivity contribution in [1.29, 1.82) is 0 Å². The molecule has 0 aliphatic carbocycles. The molecule has 2 unspecified atom stereocenters. The van der Waals surface area contributed by atoms with E-state index in [9.17, 15) is 29.8 Å². The molecule has 4 aromatic carbocycles. The van der Waals surface area contributed by atoms with Crippen LogP contribution in [0.1, 0.15) is 45.9 Å². The monoisotopic (exact) mass is 660 g/mol. The fourth-order valence-corrected chi connectivity index (χ4v) is 8.68. The molecule has 2 amide bonds. The summed E-state index contributed by atoms with van der Waals surface area (Å²) < 4.78 is 17.7. The maximum atomic E-state index is 14.2. The molecule has 6 aromatic rings. The first-order valence-corrected chi connectivity index (χ1v) is 15.8. The van der Waals surface area contributed by atoms with Crippen molar-refractivity contribution >= 4 is 66.8 Å². The minimum atomic E-state index is -1.22. The maximum Gasteiger partial charge on any atom is 0.277 e. The highest BCUT2D eigenvalue weighted by molar-refractivity contribution is 6.31. The summed E-state index contributed by atoms with van der Waals surface area (Å²) in [4.78, 5) is 51.0. The van der Waals surface area contributed by atoms with Gasteiger partial charge in [0.15, 0.2) is 5.72 Å². The predicted octanol–water partition coefficient (Wildman–Crippen LogP) is 5.72. The first kappa shape index (κ1) is 29.3. The zero-order chi connectivity index (χ0) is 34.1. The molecule has 0 saturated carbocycles. The van der Waals surface area contributed by atoms with E-state index < -0.39 is 51.2 Å². The van der Waals surface area contributed by atoms with Crippen molar-refractivity contribution in [3.63, 3.8) is 0 Å². The molecular weight excluding hydrogens is 632 g/mol. The van der Waals surface area contributed by atoms with Crippen molar-refractivity contribution < 1.29 is 28.9 Å². The Hall–Kier alpha value is -5.86. The van der Waals surface area contributed by atoms with Gasteiger partial charge in [0.25, 0.3) is 23.2 Å². The van der Waals surface area contributed by atoms with E-state index in [1.807, 2.05) is 55.5 Å². The van der Waals surface area contributed by atoms with Crippen LogP contribution >= 0.6 is 0 Å². The number of non-ortho nitro benzene ring substituents is 2. The van der Waals surface area contributed by atoms with E-state index in [1.165, 1.54) is 4.90 Å². The van der Waals surface area contributed by atoms with E-state index in [2.05, 4.69) is 14.5 Å². The summed E-state index contributed by atoms with van der Waals surface area (Å²) in [6, 6.07) is 18.1. The number of carbonyl (C=O) groups is 2. The number of nitro groups is 2. The van der Waals surface area contributed by atoms with Crippen LogP contribution in [-0.2, 0) is 21.7 Å². The summed E-state index contributed by atoms with van der Waals surface area (Å²) in [6.45, 7) is 2.30. The third kappa shape index (κ3) is 3.66. The molecule has 2 bridgehead atoms. The number of aromatic nitrogens is 2. The molecule has 4 atom stereocenters. The Kier molecular flexibility index (Phi) is 5.88. The molecule has 1 fully saturated rings. The largest absolute Gasteiger partial charge is 0.374 e. The number of benzene rings is 4. The highest BCUT2D eigenvalue weighted by Gasteiger charge is 2.55.